The lowest BCUT2D eigenvalue weighted by atomic mass is 10.1. The van der Waals surface area contributed by atoms with Crippen LogP contribution in [0.1, 0.15) is 18.7 Å². The fourth-order valence-electron chi connectivity index (χ4n) is 1.61. The Morgan fingerprint density at radius 1 is 1.42 bits per heavy atom. The zero-order chi connectivity index (χ0) is 13.7. The summed E-state index contributed by atoms with van der Waals surface area (Å²) in [7, 11) is 0. The number of nitrogens with zero attached hydrogens (tertiary/aromatic N) is 2. The number of carbonyl (C=O) groups excluding carboxylic acids is 1. The van der Waals surface area contributed by atoms with Gasteiger partial charge in [-0.05, 0) is 25.1 Å². The van der Waals surface area contributed by atoms with Crippen LogP contribution in [0.5, 0.6) is 0 Å². The monoisotopic (exact) mass is 252 g/mol. The summed E-state index contributed by atoms with van der Waals surface area (Å²) in [5, 5.41) is 9.11. The molecule has 0 spiro atoms. The molecule has 94 valence electrons. The van der Waals surface area contributed by atoms with Gasteiger partial charge in [-0.1, -0.05) is 30.4 Å². The molecule has 19 heavy (non-hydrogen) atoms. The molecule has 0 aliphatic heterocycles. The van der Waals surface area contributed by atoms with E-state index < -0.39 is 5.92 Å². The predicted molar refractivity (Wildman–Crippen MR) is 71.3 cm³/mol. The highest BCUT2D eigenvalue weighted by molar-refractivity contribution is 5.97. The summed E-state index contributed by atoms with van der Waals surface area (Å²) in [5.74, 6) is -1.21. The standard InChI is InChI=1S/C15H12N2O2/c1-2-3-4-8-13(18)11(10-16)15-17-12-7-5-6-9-14(12)19-15/h2-9,11H,1H3/b3-2+,8-4+/t11-/m1/s1. The van der Waals surface area contributed by atoms with Crippen LogP contribution in [0.25, 0.3) is 11.1 Å². The highest BCUT2D eigenvalue weighted by Crippen LogP contribution is 2.22. The molecule has 0 aliphatic carbocycles. The van der Waals surface area contributed by atoms with Gasteiger partial charge in [-0.2, -0.15) is 5.26 Å². The van der Waals surface area contributed by atoms with Crippen molar-refractivity contribution in [3.63, 3.8) is 0 Å². The number of benzene rings is 1. The van der Waals surface area contributed by atoms with Crippen molar-refractivity contribution < 1.29 is 9.21 Å². The van der Waals surface area contributed by atoms with Crippen molar-refractivity contribution in [2.75, 3.05) is 0 Å². The molecule has 1 atom stereocenters. The van der Waals surface area contributed by atoms with Crippen LogP contribution in [0.15, 0.2) is 53.0 Å². The fourth-order valence-corrected chi connectivity index (χ4v) is 1.61. The molecule has 0 aliphatic rings. The molecule has 0 unspecified atom stereocenters. The molecule has 1 aromatic heterocycles. The summed E-state index contributed by atoms with van der Waals surface area (Å²) in [6, 6.07) is 9.09. The molecular weight excluding hydrogens is 240 g/mol. The lowest BCUT2D eigenvalue weighted by Crippen LogP contribution is -2.07. The van der Waals surface area contributed by atoms with Gasteiger partial charge in [0, 0.05) is 0 Å². The zero-order valence-electron chi connectivity index (χ0n) is 10.4. The summed E-state index contributed by atoms with van der Waals surface area (Å²) >= 11 is 0. The third kappa shape index (κ3) is 2.78. The molecule has 1 aromatic carbocycles. The second kappa shape index (κ2) is 5.78. The number of hydrogen-bond acceptors (Lipinski definition) is 4. The van der Waals surface area contributed by atoms with E-state index in [0.29, 0.717) is 11.1 Å². The van der Waals surface area contributed by atoms with Crippen molar-refractivity contribution >= 4 is 16.9 Å². The Balaban J connectivity index is 2.31. The summed E-state index contributed by atoms with van der Waals surface area (Å²) in [6.07, 6.45) is 6.46. The van der Waals surface area contributed by atoms with E-state index in [2.05, 4.69) is 4.98 Å². The van der Waals surface area contributed by atoms with E-state index in [4.69, 9.17) is 9.68 Å². The van der Waals surface area contributed by atoms with E-state index in [1.807, 2.05) is 25.1 Å². The number of allylic oxidation sites excluding steroid dienone is 4. The summed E-state index contributed by atoms with van der Waals surface area (Å²) < 4.78 is 5.44. The number of aromatic nitrogens is 1. The van der Waals surface area contributed by atoms with E-state index in [9.17, 15) is 4.79 Å². The fraction of sp³-hybridized carbons (Fsp3) is 0.133. The Bertz CT molecular complexity index is 656. The number of ketones is 1. The topological polar surface area (TPSA) is 66.9 Å². The summed E-state index contributed by atoms with van der Waals surface area (Å²) in [6.45, 7) is 1.84. The number of fused-ring (bicyclic) bond motifs is 1. The van der Waals surface area contributed by atoms with Crippen LogP contribution >= 0.6 is 0 Å². The number of hydrogen-bond donors (Lipinski definition) is 0. The maximum absolute atomic E-state index is 11.9. The van der Waals surface area contributed by atoms with E-state index in [1.54, 1.807) is 30.4 Å². The molecule has 2 aromatic rings. The smallest absolute Gasteiger partial charge is 0.220 e. The first-order chi connectivity index (χ1) is 9.26. The highest BCUT2D eigenvalue weighted by atomic mass is 16.3. The second-order valence-corrected chi connectivity index (χ2v) is 3.87. The number of carbonyl (C=O) groups is 1. The van der Waals surface area contributed by atoms with Crippen LogP contribution in [0.3, 0.4) is 0 Å². The van der Waals surface area contributed by atoms with Crippen LogP contribution < -0.4 is 0 Å². The first-order valence-corrected chi connectivity index (χ1v) is 5.84. The molecule has 0 bridgehead atoms. The third-order valence-corrected chi connectivity index (χ3v) is 2.54. The Kier molecular flexibility index (Phi) is 3.89. The SMILES string of the molecule is C/C=C/C=C/C(=O)[C@@H](C#N)c1nc2ccccc2o1. The molecule has 1 heterocycles. The number of nitriles is 1. The Morgan fingerprint density at radius 3 is 2.89 bits per heavy atom. The number of rotatable bonds is 4. The molecule has 0 radical (unpaired) electrons. The van der Waals surface area contributed by atoms with Crippen LogP contribution in [-0.4, -0.2) is 10.8 Å². The van der Waals surface area contributed by atoms with E-state index in [0.717, 1.165) is 0 Å². The van der Waals surface area contributed by atoms with E-state index >= 15 is 0 Å². The van der Waals surface area contributed by atoms with Crippen molar-refractivity contribution in [3.05, 3.63) is 54.5 Å². The molecule has 4 heteroatoms. The first-order valence-electron chi connectivity index (χ1n) is 5.84. The predicted octanol–water partition coefficient (Wildman–Crippen LogP) is 3.14. The zero-order valence-corrected chi connectivity index (χ0v) is 10.4. The Labute approximate surface area is 110 Å². The van der Waals surface area contributed by atoms with Gasteiger partial charge >= 0.3 is 0 Å². The molecular formula is C15H12N2O2. The van der Waals surface area contributed by atoms with Gasteiger partial charge in [0.05, 0.1) is 6.07 Å². The first kappa shape index (κ1) is 12.8. The molecule has 0 saturated heterocycles. The maximum Gasteiger partial charge on any atom is 0.220 e. The van der Waals surface area contributed by atoms with Crippen LogP contribution in [0.4, 0.5) is 0 Å². The van der Waals surface area contributed by atoms with Gasteiger partial charge in [-0.25, -0.2) is 4.98 Å². The molecule has 0 N–H and O–H groups in total. The normalized spacial score (nSPS) is 13.1. The number of para-hydroxylation sites is 2. The van der Waals surface area contributed by atoms with Gasteiger partial charge in [0.15, 0.2) is 17.3 Å². The molecule has 0 saturated carbocycles. The second-order valence-electron chi connectivity index (χ2n) is 3.87. The summed E-state index contributed by atoms with van der Waals surface area (Å²) in [5.41, 5.74) is 1.21. The average molecular weight is 252 g/mol. The van der Waals surface area contributed by atoms with Crippen LogP contribution in [-0.2, 0) is 4.79 Å². The molecule has 0 fully saturated rings. The highest BCUT2D eigenvalue weighted by Gasteiger charge is 2.23. The maximum atomic E-state index is 11.9. The van der Waals surface area contributed by atoms with Crippen molar-refractivity contribution in [3.8, 4) is 6.07 Å². The van der Waals surface area contributed by atoms with Gasteiger partial charge in [-0.3, -0.25) is 4.79 Å². The van der Waals surface area contributed by atoms with Gasteiger partial charge < -0.3 is 4.42 Å². The van der Waals surface area contributed by atoms with Crippen LogP contribution in [0.2, 0.25) is 0 Å². The van der Waals surface area contributed by atoms with Gasteiger partial charge in [0.2, 0.25) is 5.89 Å². The molecule has 4 nitrogen and oxygen atoms in total. The lowest BCUT2D eigenvalue weighted by molar-refractivity contribution is -0.115. The van der Waals surface area contributed by atoms with Gasteiger partial charge in [0.1, 0.15) is 5.52 Å². The van der Waals surface area contributed by atoms with E-state index in [1.165, 1.54) is 6.08 Å². The third-order valence-electron chi connectivity index (χ3n) is 2.54. The minimum absolute atomic E-state index is 0.138. The van der Waals surface area contributed by atoms with Gasteiger partial charge in [-0.15, -0.1) is 0 Å². The lowest BCUT2D eigenvalue weighted by Gasteiger charge is -1.98. The van der Waals surface area contributed by atoms with Crippen LogP contribution in [0, 0.1) is 11.3 Å². The molecule has 2 rings (SSSR count). The van der Waals surface area contributed by atoms with Crippen molar-refractivity contribution in [1.29, 1.82) is 5.26 Å². The average Bonchev–Trinajstić information content (AvgIpc) is 2.83. The van der Waals surface area contributed by atoms with Crippen molar-refractivity contribution in [2.45, 2.75) is 12.8 Å². The van der Waals surface area contributed by atoms with E-state index in [-0.39, 0.29) is 11.7 Å². The quantitative estimate of drug-likeness (QED) is 0.619. The minimum Gasteiger partial charge on any atom is -0.439 e. The number of oxazole rings is 1. The molecule has 0 amide bonds. The Morgan fingerprint density at radius 2 is 2.21 bits per heavy atom. The summed E-state index contributed by atoms with van der Waals surface area (Å²) in [4.78, 5) is 16.1. The largest absolute Gasteiger partial charge is 0.439 e. The minimum atomic E-state index is -1.01. The Hall–Kier alpha value is -2.67. The van der Waals surface area contributed by atoms with Crippen molar-refractivity contribution in [1.82, 2.24) is 4.98 Å². The van der Waals surface area contributed by atoms with Gasteiger partial charge in [0.25, 0.3) is 0 Å². The van der Waals surface area contributed by atoms with Crippen molar-refractivity contribution in [2.24, 2.45) is 0 Å².